The number of esters is 1. The lowest BCUT2D eigenvalue weighted by molar-refractivity contribution is -0.220. The maximum Gasteiger partial charge on any atom is 0.508 e. The van der Waals surface area contributed by atoms with E-state index < -0.39 is 61.7 Å². The summed E-state index contributed by atoms with van der Waals surface area (Å²) in [4.78, 5) is 22.9. The molecule has 2 unspecified atom stereocenters. The average Bonchev–Trinajstić information content (AvgIpc) is 3.29. The van der Waals surface area contributed by atoms with Gasteiger partial charge in [-0.15, -0.1) is 0 Å². The molecule has 4 fully saturated rings. The van der Waals surface area contributed by atoms with Gasteiger partial charge in [0, 0.05) is 0 Å². The minimum atomic E-state index is -2.60. The largest absolute Gasteiger partial charge is 0.508 e. The molecule has 4 saturated heterocycles. The smallest absolute Gasteiger partial charge is 0.430 e. The lowest BCUT2D eigenvalue weighted by Gasteiger charge is -2.28. The summed E-state index contributed by atoms with van der Waals surface area (Å²) in [7, 11) is 0. The number of cyclic esters (lactones) is 2. The SMILES string of the molecule is O=C1OCC(F)(C(=O)OC2O[C@H](C3COCO3)[C@@H]3OCO[C@H]23)CO1. The van der Waals surface area contributed by atoms with Crippen LogP contribution in [0.15, 0.2) is 0 Å². The summed E-state index contributed by atoms with van der Waals surface area (Å²) in [6, 6.07) is 0. The van der Waals surface area contributed by atoms with Crippen molar-refractivity contribution in [1.29, 1.82) is 0 Å². The highest BCUT2D eigenvalue weighted by molar-refractivity contribution is 5.81. The molecule has 4 aliphatic rings. The highest BCUT2D eigenvalue weighted by Crippen LogP contribution is 2.36. The Morgan fingerprint density at radius 3 is 2.54 bits per heavy atom. The number of alkyl halides is 1. The molecule has 10 nitrogen and oxygen atoms in total. The van der Waals surface area contributed by atoms with E-state index >= 15 is 0 Å². The number of hydrogen-bond acceptors (Lipinski definition) is 10. The lowest BCUT2D eigenvalue weighted by Crippen LogP contribution is -2.51. The van der Waals surface area contributed by atoms with Crippen molar-refractivity contribution in [2.45, 2.75) is 36.4 Å². The number of ether oxygens (including phenoxy) is 8. The molecular formula is C13H15FO10. The van der Waals surface area contributed by atoms with Crippen LogP contribution in [0.2, 0.25) is 0 Å². The standard InChI is InChI=1S/C13H15FO10/c14-13(2-18-12(16)19-3-13)11(15)24-10-9-8(21-5-22-9)7(23-10)6-1-17-4-20-6/h6-10H,1-5H2/t6?,7-,8+,9+,10?/m1/s1. The molecule has 0 aromatic rings. The third kappa shape index (κ3) is 2.71. The minimum absolute atomic E-state index is 0.00167. The Hall–Kier alpha value is -1.53. The first-order valence-corrected chi connectivity index (χ1v) is 7.34. The Morgan fingerprint density at radius 2 is 1.83 bits per heavy atom. The monoisotopic (exact) mass is 350 g/mol. The second-order valence-corrected chi connectivity index (χ2v) is 5.74. The fourth-order valence-electron chi connectivity index (χ4n) is 2.90. The van der Waals surface area contributed by atoms with Crippen LogP contribution in [0.25, 0.3) is 0 Å². The van der Waals surface area contributed by atoms with Gasteiger partial charge in [0.25, 0.3) is 5.67 Å². The first-order chi connectivity index (χ1) is 11.6. The molecular weight excluding hydrogens is 335 g/mol. The fraction of sp³-hybridized carbons (Fsp3) is 0.846. The average molecular weight is 350 g/mol. The van der Waals surface area contributed by atoms with Crippen molar-refractivity contribution in [1.82, 2.24) is 0 Å². The Bertz CT molecular complexity index is 511. The van der Waals surface area contributed by atoms with Crippen LogP contribution in [-0.2, 0) is 42.7 Å². The van der Waals surface area contributed by atoms with E-state index in [-0.39, 0.29) is 13.6 Å². The van der Waals surface area contributed by atoms with Gasteiger partial charge in [0.1, 0.15) is 45.1 Å². The van der Waals surface area contributed by atoms with Crippen LogP contribution < -0.4 is 0 Å². The Labute approximate surface area is 134 Å². The summed E-state index contributed by atoms with van der Waals surface area (Å²) in [5.74, 6) is -1.27. The Balaban J connectivity index is 1.42. The molecule has 0 aromatic heterocycles. The van der Waals surface area contributed by atoms with Crippen molar-refractivity contribution in [3.05, 3.63) is 0 Å². The Morgan fingerprint density at radius 1 is 1.08 bits per heavy atom. The molecule has 4 aliphatic heterocycles. The van der Waals surface area contributed by atoms with E-state index in [4.69, 9.17) is 28.4 Å². The zero-order valence-corrected chi connectivity index (χ0v) is 12.4. The summed E-state index contributed by atoms with van der Waals surface area (Å²) in [6.07, 6.45) is -4.43. The summed E-state index contributed by atoms with van der Waals surface area (Å²) >= 11 is 0. The minimum Gasteiger partial charge on any atom is -0.430 e. The lowest BCUT2D eigenvalue weighted by atomic mass is 10.1. The molecule has 0 saturated carbocycles. The van der Waals surface area contributed by atoms with Gasteiger partial charge in [0.05, 0.1) is 6.61 Å². The zero-order valence-electron chi connectivity index (χ0n) is 12.4. The van der Waals surface area contributed by atoms with Crippen LogP contribution in [-0.4, -0.2) is 81.9 Å². The predicted octanol–water partition coefficient (Wildman–Crippen LogP) is -0.756. The maximum atomic E-state index is 14.5. The molecule has 24 heavy (non-hydrogen) atoms. The topological polar surface area (TPSA) is 108 Å². The highest BCUT2D eigenvalue weighted by Gasteiger charge is 2.57. The van der Waals surface area contributed by atoms with Gasteiger partial charge in [-0.05, 0) is 0 Å². The molecule has 0 amide bonds. The van der Waals surface area contributed by atoms with E-state index in [9.17, 15) is 14.0 Å². The molecule has 0 radical (unpaired) electrons. The number of carbonyl (C=O) groups is 2. The summed E-state index contributed by atoms with van der Waals surface area (Å²) in [6.45, 7) is -1.14. The molecule has 0 bridgehead atoms. The summed E-state index contributed by atoms with van der Waals surface area (Å²) in [5.41, 5.74) is -2.60. The van der Waals surface area contributed by atoms with Gasteiger partial charge >= 0.3 is 12.1 Å². The number of fused-ring (bicyclic) bond motifs is 1. The van der Waals surface area contributed by atoms with Crippen molar-refractivity contribution >= 4 is 12.1 Å². The first kappa shape index (κ1) is 16.0. The zero-order chi connectivity index (χ0) is 16.7. The molecule has 134 valence electrons. The quantitative estimate of drug-likeness (QED) is 0.603. The molecule has 4 heterocycles. The summed E-state index contributed by atoms with van der Waals surface area (Å²) in [5, 5.41) is 0. The van der Waals surface area contributed by atoms with Gasteiger partial charge < -0.3 is 37.9 Å². The third-order valence-corrected chi connectivity index (χ3v) is 4.17. The summed E-state index contributed by atoms with van der Waals surface area (Å²) < 4.78 is 55.3. The van der Waals surface area contributed by atoms with Crippen LogP contribution >= 0.6 is 0 Å². The van der Waals surface area contributed by atoms with Gasteiger partial charge in [0.15, 0.2) is 6.10 Å². The van der Waals surface area contributed by atoms with Crippen LogP contribution in [0.3, 0.4) is 0 Å². The maximum absolute atomic E-state index is 14.5. The van der Waals surface area contributed by atoms with Gasteiger partial charge in [0.2, 0.25) is 6.29 Å². The van der Waals surface area contributed by atoms with Crippen LogP contribution in [0.1, 0.15) is 0 Å². The molecule has 11 heteroatoms. The van der Waals surface area contributed by atoms with Crippen molar-refractivity contribution in [3.63, 3.8) is 0 Å². The van der Waals surface area contributed by atoms with Crippen molar-refractivity contribution in [2.75, 3.05) is 33.4 Å². The second-order valence-electron chi connectivity index (χ2n) is 5.74. The third-order valence-electron chi connectivity index (χ3n) is 4.17. The van der Waals surface area contributed by atoms with Gasteiger partial charge in [-0.2, -0.15) is 0 Å². The molecule has 4 rings (SSSR count). The number of halogens is 1. The first-order valence-electron chi connectivity index (χ1n) is 7.34. The van der Waals surface area contributed by atoms with Gasteiger partial charge in [-0.1, -0.05) is 0 Å². The second kappa shape index (κ2) is 6.08. The van der Waals surface area contributed by atoms with E-state index in [0.29, 0.717) is 6.61 Å². The van der Waals surface area contributed by atoms with E-state index in [2.05, 4.69) is 9.47 Å². The van der Waals surface area contributed by atoms with E-state index in [1.165, 1.54) is 0 Å². The number of hydrogen-bond donors (Lipinski definition) is 0. The van der Waals surface area contributed by atoms with Crippen LogP contribution in [0, 0.1) is 0 Å². The van der Waals surface area contributed by atoms with Crippen molar-refractivity contribution in [3.8, 4) is 0 Å². The molecule has 0 spiro atoms. The molecule has 5 atom stereocenters. The van der Waals surface area contributed by atoms with E-state index in [1.807, 2.05) is 0 Å². The number of rotatable bonds is 3. The van der Waals surface area contributed by atoms with E-state index in [1.54, 1.807) is 0 Å². The molecule has 0 N–H and O–H groups in total. The van der Waals surface area contributed by atoms with Crippen LogP contribution in [0.4, 0.5) is 9.18 Å². The van der Waals surface area contributed by atoms with Gasteiger partial charge in [-0.3, -0.25) is 0 Å². The Kier molecular flexibility index (Phi) is 4.04. The van der Waals surface area contributed by atoms with Crippen molar-refractivity contribution in [2.24, 2.45) is 0 Å². The van der Waals surface area contributed by atoms with E-state index in [0.717, 1.165) is 0 Å². The van der Waals surface area contributed by atoms with Crippen molar-refractivity contribution < 1.29 is 51.9 Å². The highest BCUT2D eigenvalue weighted by atomic mass is 19.1. The fourth-order valence-corrected chi connectivity index (χ4v) is 2.90. The van der Waals surface area contributed by atoms with Gasteiger partial charge in [-0.25, -0.2) is 14.0 Å². The molecule has 0 aromatic carbocycles. The van der Waals surface area contributed by atoms with Crippen LogP contribution in [0.5, 0.6) is 0 Å². The molecule has 0 aliphatic carbocycles. The number of carbonyl (C=O) groups excluding carboxylic acids is 2. The normalized spacial score (nSPS) is 40.7. The predicted molar refractivity (Wildman–Crippen MR) is 66.2 cm³/mol.